The molecule has 0 unspecified atom stereocenters. The van der Waals surface area contributed by atoms with Crippen LogP contribution < -0.4 is 0 Å². The van der Waals surface area contributed by atoms with E-state index in [1.807, 2.05) is 29.6 Å². The summed E-state index contributed by atoms with van der Waals surface area (Å²) in [4.78, 5) is 20.9. The molecule has 1 heterocycles. The first-order valence-electron chi connectivity index (χ1n) is 5.49. The van der Waals surface area contributed by atoms with Gasteiger partial charge in [0.15, 0.2) is 0 Å². The molecule has 4 nitrogen and oxygen atoms in total. The summed E-state index contributed by atoms with van der Waals surface area (Å²) in [5, 5.41) is 8.81. The fraction of sp³-hybridized carbons (Fsp3) is 0.143. The molecular weight excluding hydrogens is 264 g/mol. The SMILES string of the molecule is COC(=O)c1ccsc1Cc1ccccc1.O=CO. The third kappa shape index (κ3) is 4.56. The Hall–Kier alpha value is -2.14. The summed E-state index contributed by atoms with van der Waals surface area (Å²) in [5.74, 6) is -0.257. The first-order valence-corrected chi connectivity index (χ1v) is 6.37. The second kappa shape index (κ2) is 8.05. The van der Waals surface area contributed by atoms with Gasteiger partial charge in [0.25, 0.3) is 6.47 Å². The largest absolute Gasteiger partial charge is 0.483 e. The van der Waals surface area contributed by atoms with Crippen molar-refractivity contribution in [1.29, 1.82) is 0 Å². The molecule has 0 amide bonds. The van der Waals surface area contributed by atoms with Gasteiger partial charge >= 0.3 is 5.97 Å². The van der Waals surface area contributed by atoms with E-state index in [9.17, 15) is 4.79 Å². The van der Waals surface area contributed by atoms with E-state index in [-0.39, 0.29) is 12.4 Å². The van der Waals surface area contributed by atoms with Gasteiger partial charge in [0.1, 0.15) is 0 Å². The van der Waals surface area contributed by atoms with Crippen LogP contribution in [0.3, 0.4) is 0 Å². The molecule has 1 aromatic heterocycles. The summed E-state index contributed by atoms with van der Waals surface area (Å²) in [6.45, 7) is -0.250. The first-order chi connectivity index (χ1) is 9.22. The van der Waals surface area contributed by atoms with E-state index in [1.54, 1.807) is 11.3 Å². The number of thiophene rings is 1. The molecule has 2 aromatic rings. The van der Waals surface area contributed by atoms with E-state index in [1.165, 1.54) is 12.7 Å². The average Bonchev–Trinajstić information content (AvgIpc) is 2.88. The summed E-state index contributed by atoms with van der Waals surface area (Å²) in [5.41, 5.74) is 1.88. The summed E-state index contributed by atoms with van der Waals surface area (Å²) < 4.78 is 4.74. The van der Waals surface area contributed by atoms with Crippen molar-refractivity contribution in [2.24, 2.45) is 0 Å². The fourth-order valence-corrected chi connectivity index (χ4v) is 2.45. The number of methoxy groups -OCH3 is 1. The van der Waals surface area contributed by atoms with Crippen molar-refractivity contribution in [3.63, 3.8) is 0 Å². The van der Waals surface area contributed by atoms with Crippen molar-refractivity contribution >= 4 is 23.8 Å². The minimum absolute atomic E-state index is 0.250. The Kier molecular flexibility index (Phi) is 6.32. The molecular formula is C14H14O4S. The second-order valence-electron chi connectivity index (χ2n) is 3.52. The molecule has 19 heavy (non-hydrogen) atoms. The minimum atomic E-state index is -0.257. The zero-order chi connectivity index (χ0) is 14.1. The van der Waals surface area contributed by atoms with Crippen molar-refractivity contribution in [3.8, 4) is 0 Å². The van der Waals surface area contributed by atoms with E-state index in [4.69, 9.17) is 14.6 Å². The molecule has 0 saturated carbocycles. The van der Waals surface area contributed by atoms with Gasteiger partial charge in [0.2, 0.25) is 0 Å². The van der Waals surface area contributed by atoms with E-state index in [0.717, 1.165) is 11.3 Å². The molecule has 0 aliphatic carbocycles. The summed E-state index contributed by atoms with van der Waals surface area (Å²) >= 11 is 1.59. The van der Waals surface area contributed by atoms with Crippen LogP contribution in [0.15, 0.2) is 41.8 Å². The summed E-state index contributed by atoms with van der Waals surface area (Å²) in [6.07, 6.45) is 0.781. The van der Waals surface area contributed by atoms with Gasteiger partial charge in [-0.25, -0.2) is 4.79 Å². The molecule has 5 heteroatoms. The standard InChI is InChI=1S/C13H12O2S.CH2O2/c1-15-13(14)11-7-8-16-12(11)9-10-5-3-2-4-6-10;2-1-3/h2-8H,9H2,1H3;1H,(H,2,3). The number of carboxylic acid groups (broad SMARTS) is 1. The van der Waals surface area contributed by atoms with Gasteiger partial charge in [0, 0.05) is 11.3 Å². The van der Waals surface area contributed by atoms with Crippen molar-refractivity contribution in [3.05, 3.63) is 57.8 Å². The highest BCUT2D eigenvalue weighted by Crippen LogP contribution is 2.21. The molecule has 100 valence electrons. The molecule has 0 radical (unpaired) electrons. The first kappa shape index (κ1) is 14.9. The summed E-state index contributed by atoms with van der Waals surface area (Å²) in [7, 11) is 1.41. The van der Waals surface area contributed by atoms with Gasteiger partial charge in [-0.2, -0.15) is 0 Å². The van der Waals surface area contributed by atoms with Gasteiger partial charge in [0.05, 0.1) is 12.7 Å². The predicted octanol–water partition coefficient (Wildman–Crippen LogP) is 2.83. The van der Waals surface area contributed by atoms with E-state index in [2.05, 4.69) is 12.1 Å². The van der Waals surface area contributed by atoms with Gasteiger partial charge < -0.3 is 9.84 Å². The van der Waals surface area contributed by atoms with Crippen LogP contribution in [0.1, 0.15) is 20.8 Å². The van der Waals surface area contributed by atoms with Gasteiger partial charge in [-0.15, -0.1) is 11.3 Å². The van der Waals surface area contributed by atoms with Crippen LogP contribution in [-0.4, -0.2) is 24.7 Å². The summed E-state index contributed by atoms with van der Waals surface area (Å²) in [6, 6.07) is 11.9. The van der Waals surface area contributed by atoms with Crippen molar-refractivity contribution < 1.29 is 19.4 Å². The second-order valence-corrected chi connectivity index (χ2v) is 4.52. The van der Waals surface area contributed by atoms with Crippen LogP contribution in [0.2, 0.25) is 0 Å². The Labute approximate surface area is 115 Å². The quantitative estimate of drug-likeness (QED) is 0.692. The maximum atomic E-state index is 11.5. The van der Waals surface area contributed by atoms with Crippen molar-refractivity contribution in [2.45, 2.75) is 6.42 Å². The maximum absolute atomic E-state index is 11.5. The Morgan fingerprint density at radius 1 is 1.32 bits per heavy atom. The number of benzene rings is 1. The average molecular weight is 278 g/mol. The minimum Gasteiger partial charge on any atom is -0.483 e. The lowest BCUT2D eigenvalue weighted by Crippen LogP contribution is -2.02. The van der Waals surface area contributed by atoms with Crippen LogP contribution >= 0.6 is 11.3 Å². The number of hydrogen-bond acceptors (Lipinski definition) is 4. The van der Waals surface area contributed by atoms with Crippen LogP contribution in [0, 0.1) is 0 Å². The topological polar surface area (TPSA) is 63.6 Å². The molecule has 0 saturated heterocycles. The van der Waals surface area contributed by atoms with E-state index in [0.29, 0.717) is 5.56 Å². The highest BCUT2D eigenvalue weighted by atomic mass is 32.1. The van der Waals surface area contributed by atoms with Gasteiger partial charge in [-0.1, -0.05) is 30.3 Å². The Balaban J connectivity index is 0.000000550. The number of esters is 1. The third-order valence-corrected chi connectivity index (χ3v) is 3.28. The van der Waals surface area contributed by atoms with Gasteiger partial charge in [-0.3, -0.25) is 4.79 Å². The molecule has 0 atom stereocenters. The lowest BCUT2D eigenvalue weighted by molar-refractivity contribution is -0.122. The van der Waals surface area contributed by atoms with Crippen molar-refractivity contribution in [1.82, 2.24) is 0 Å². The Morgan fingerprint density at radius 2 is 1.95 bits per heavy atom. The highest BCUT2D eigenvalue weighted by molar-refractivity contribution is 7.10. The molecule has 0 aliphatic heterocycles. The molecule has 0 spiro atoms. The van der Waals surface area contributed by atoms with Gasteiger partial charge in [-0.05, 0) is 17.0 Å². The Morgan fingerprint density at radius 3 is 2.53 bits per heavy atom. The predicted molar refractivity (Wildman–Crippen MR) is 73.6 cm³/mol. The highest BCUT2D eigenvalue weighted by Gasteiger charge is 2.12. The zero-order valence-electron chi connectivity index (χ0n) is 10.4. The molecule has 1 aromatic carbocycles. The van der Waals surface area contributed by atoms with Crippen LogP contribution in [0.25, 0.3) is 0 Å². The maximum Gasteiger partial charge on any atom is 0.338 e. The normalized spacial score (nSPS) is 9.11. The molecule has 2 rings (SSSR count). The van der Waals surface area contributed by atoms with Crippen LogP contribution in [0.5, 0.6) is 0 Å². The van der Waals surface area contributed by atoms with E-state index >= 15 is 0 Å². The van der Waals surface area contributed by atoms with Crippen molar-refractivity contribution in [2.75, 3.05) is 7.11 Å². The Bertz CT molecular complexity index is 519. The lowest BCUT2D eigenvalue weighted by Gasteiger charge is -2.02. The lowest BCUT2D eigenvalue weighted by atomic mass is 10.1. The number of ether oxygens (including phenoxy) is 1. The molecule has 0 bridgehead atoms. The molecule has 0 aliphatic rings. The number of rotatable bonds is 3. The fourth-order valence-electron chi connectivity index (χ4n) is 1.55. The van der Waals surface area contributed by atoms with Crippen LogP contribution in [-0.2, 0) is 16.0 Å². The monoisotopic (exact) mass is 278 g/mol. The smallest absolute Gasteiger partial charge is 0.338 e. The number of carbonyl (C=O) groups excluding carboxylic acids is 1. The number of hydrogen-bond donors (Lipinski definition) is 1. The molecule has 1 N–H and O–H groups in total. The third-order valence-electron chi connectivity index (χ3n) is 2.36. The molecule has 0 fully saturated rings. The zero-order valence-corrected chi connectivity index (χ0v) is 11.2. The number of carbonyl (C=O) groups is 2. The van der Waals surface area contributed by atoms with Crippen LogP contribution in [0.4, 0.5) is 0 Å². The van der Waals surface area contributed by atoms with E-state index < -0.39 is 0 Å².